The first-order chi connectivity index (χ1) is 15.4. The van der Waals surface area contributed by atoms with Crippen molar-refractivity contribution in [2.75, 3.05) is 50.7 Å². The Morgan fingerprint density at radius 2 is 1.26 bits per heavy atom. The van der Waals surface area contributed by atoms with E-state index in [2.05, 4.69) is 118 Å². The van der Waals surface area contributed by atoms with Crippen LogP contribution in [-0.2, 0) is 6.54 Å². The fourth-order valence-electron chi connectivity index (χ4n) is 4.10. The third-order valence-electron chi connectivity index (χ3n) is 5.96. The molecule has 0 atom stereocenters. The molecule has 0 radical (unpaired) electrons. The van der Waals surface area contributed by atoms with Crippen molar-refractivity contribution in [1.29, 1.82) is 0 Å². The molecule has 0 bridgehead atoms. The summed E-state index contributed by atoms with van der Waals surface area (Å²) >= 11 is 0. The van der Waals surface area contributed by atoms with Gasteiger partial charge in [-0.05, 0) is 23.3 Å². The Morgan fingerprint density at radius 1 is 0.677 bits per heavy atom. The molecular weight excluding hydrogens is 378 g/mol. The molecule has 0 aliphatic carbocycles. The molecule has 31 heavy (non-hydrogen) atoms. The van der Waals surface area contributed by atoms with E-state index in [9.17, 15) is 0 Å². The zero-order chi connectivity index (χ0) is 21.1. The Labute approximate surface area is 187 Å². The monoisotopic (exact) mass is 411 g/mol. The number of para-hydroxylation sites is 1. The van der Waals surface area contributed by atoms with Gasteiger partial charge in [0.1, 0.15) is 0 Å². The summed E-state index contributed by atoms with van der Waals surface area (Å²) in [6.07, 6.45) is 4.52. The van der Waals surface area contributed by atoms with E-state index in [4.69, 9.17) is 0 Å². The first-order valence-corrected chi connectivity index (χ1v) is 11.4. The van der Waals surface area contributed by atoms with E-state index < -0.39 is 0 Å². The van der Waals surface area contributed by atoms with Crippen molar-refractivity contribution in [3.05, 3.63) is 108 Å². The van der Waals surface area contributed by atoms with Crippen LogP contribution in [0.15, 0.2) is 97.1 Å². The van der Waals surface area contributed by atoms with Gasteiger partial charge in [-0.25, -0.2) is 0 Å². The van der Waals surface area contributed by atoms with Gasteiger partial charge in [0.2, 0.25) is 0 Å². The molecule has 3 aromatic rings. The van der Waals surface area contributed by atoms with Crippen LogP contribution >= 0.6 is 0 Å². The first kappa shape index (κ1) is 21.4. The highest BCUT2D eigenvalue weighted by Crippen LogP contribution is 2.17. The van der Waals surface area contributed by atoms with Crippen molar-refractivity contribution in [3.8, 4) is 0 Å². The molecule has 1 heterocycles. The molecule has 0 aromatic heterocycles. The summed E-state index contributed by atoms with van der Waals surface area (Å²) in [5, 5.41) is 0. The normalized spacial score (nSPS) is 15.4. The van der Waals surface area contributed by atoms with Gasteiger partial charge in [0.15, 0.2) is 0 Å². The van der Waals surface area contributed by atoms with Crippen molar-refractivity contribution in [3.63, 3.8) is 0 Å². The molecule has 0 unspecified atom stereocenters. The average Bonchev–Trinajstić information content (AvgIpc) is 2.84. The topological polar surface area (TPSA) is 9.72 Å². The third kappa shape index (κ3) is 6.81. The number of benzene rings is 3. The van der Waals surface area contributed by atoms with Gasteiger partial charge in [-0.15, -0.1) is 0 Å². The smallest absolute Gasteiger partial charge is 0.0430 e. The summed E-state index contributed by atoms with van der Waals surface area (Å²) < 4.78 is 0. The van der Waals surface area contributed by atoms with Crippen LogP contribution in [0.4, 0.5) is 5.69 Å². The maximum absolute atomic E-state index is 2.61. The highest BCUT2D eigenvalue weighted by atomic mass is 15.3. The first-order valence-electron chi connectivity index (χ1n) is 11.4. The quantitative estimate of drug-likeness (QED) is 0.489. The molecule has 1 fully saturated rings. The van der Waals surface area contributed by atoms with Crippen LogP contribution in [-0.4, -0.2) is 55.6 Å². The van der Waals surface area contributed by atoms with Crippen molar-refractivity contribution in [2.45, 2.75) is 6.54 Å². The lowest BCUT2D eigenvalue weighted by Crippen LogP contribution is -2.48. The lowest BCUT2D eigenvalue weighted by Gasteiger charge is -2.36. The van der Waals surface area contributed by atoms with E-state index in [0.717, 1.165) is 52.4 Å². The Morgan fingerprint density at radius 3 is 1.94 bits per heavy atom. The van der Waals surface area contributed by atoms with Gasteiger partial charge in [0.25, 0.3) is 0 Å². The van der Waals surface area contributed by atoms with Crippen LogP contribution in [0.3, 0.4) is 0 Å². The SMILES string of the molecule is C(=C\c1ccccc1)/CN1CCN(CCN(Cc2ccccc2)c2ccccc2)CC1. The molecule has 1 aliphatic heterocycles. The largest absolute Gasteiger partial charge is 0.366 e. The minimum atomic E-state index is 0.953. The zero-order valence-corrected chi connectivity index (χ0v) is 18.3. The second kappa shape index (κ2) is 11.5. The Balaban J connectivity index is 1.25. The molecule has 160 valence electrons. The lowest BCUT2D eigenvalue weighted by atomic mass is 10.2. The number of nitrogens with zero attached hydrogens (tertiary/aromatic N) is 3. The van der Waals surface area contributed by atoms with E-state index in [-0.39, 0.29) is 0 Å². The van der Waals surface area contributed by atoms with E-state index in [1.54, 1.807) is 0 Å². The summed E-state index contributed by atoms with van der Waals surface area (Å²) in [5.74, 6) is 0. The Hall–Kier alpha value is -2.88. The Kier molecular flexibility index (Phi) is 7.92. The average molecular weight is 412 g/mol. The fraction of sp³-hybridized carbons (Fsp3) is 0.286. The van der Waals surface area contributed by atoms with Crippen molar-refractivity contribution >= 4 is 11.8 Å². The Bertz CT molecular complexity index is 901. The van der Waals surface area contributed by atoms with Gasteiger partial charge in [-0.2, -0.15) is 0 Å². The summed E-state index contributed by atoms with van der Waals surface area (Å²) in [6, 6.07) is 32.2. The van der Waals surface area contributed by atoms with E-state index >= 15 is 0 Å². The van der Waals surface area contributed by atoms with Gasteiger partial charge >= 0.3 is 0 Å². The van der Waals surface area contributed by atoms with Gasteiger partial charge in [-0.3, -0.25) is 9.80 Å². The van der Waals surface area contributed by atoms with Crippen LogP contribution in [0.1, 0.15) is 11.1 Å². The third-order valence-corrected chi connectivity index (χ3v) is 5.96. The van der Waals surface area contributed by atoms with Crippen molar-refractivity contribution in [1.82, 2.24) is 9.80 Å². The molecule has 0 N–H and O–H groups in total. The van der Waals surface area contributed by atoms with E-state index in [1.807, 2.05) is 0 Å². The molecule has 4 rings (SSSR count). The highest BCUT2D eigenvalue weighted by Gasteiger charge is 2.17. The molecule has 3 heteroatoms. The number of rotatable bonds is 9. The molecule has 0 amide bonds. The van der Waals surface area contributed by atoms with Crippen LogP contribution in [0, 0.1) is 0 Å². The van der Waals surface area contributed by atoms with Crippen molar-refractivity contribution < 1.29 is 0 Å². The number of anilines is 1. The van der Waals surface area contributed by atoms with Gasteiger partial charge < -0.3 is 4.90 Å². The van der Waals surface area contributed by atoms with Crippen LogP contribution < -0.4 is 4.90 Å². The summed E-state index contributed by atoms with van der Waals surface area (Å²) in [6.45, 7) is 8.72. The predicted molar refractivity (Wildman–Crippen MR) is 132 cm³/mol. The predicted octanol–water partition coefficient (Wildman–Crippen LogP) is 5.02. The van der Waals surface area contributed by atoms with Crippen LogP contribution in [0.2, 0.25) is 0 Å². The van der Waals surface area contributed by atoms with Crippen LogP contribution in [0.5, 0.6) is 0 Å². The van der Waals surface area contributed by atoms with Gasteiger partial charge in [0.05, 0.1) is 0 Å². The minimum absolute atomic E-state index is 0.953. The zero-order valence-electron chi connectivity index (χ0n) is 18.3. The highest BCUT2D eigenvalue weighted by molar-refractivity contribution is 5.49. The number of hydrogen-bond acceptors (Lipinski definition) is 3. The van der Waals surface area contributed by atoms with Crippen molar-refractivity contribution in [2.24, 2.45) is 0 Å². The summed E-state index contributed by atoms with van der Waals surface area (Å²) in [4.78, 5) is 7.66. The fourth-order valence-corrected chi connectivity index (χ4v) is 4.10. The minimum Gasteiger partial charge on any atom is -0.366 e. The second-order valence-corrected chi connectivity index (χ2v) is 8.20. The van der Waals surface area contributed by atoms with Gasteiger partial charge in [-0.1, -0.05) is 91.0 Å². The van der Waals surface area contributed by atoms with E-state index in [1.165, 1.54) is 16.8 Å². The molecule has 3 nitrogen and oxygen atoms in total. The molecular formula is C28H33N3. The summed E-state index contributed by atoms with van der Waals surface area (Å²) in [5.41, 5.74) is 3.94. The summed E-state index contributed by atoms with van der Waals surface area (Å²) in [7, 11) is 0. The van der Waals surface area contributed by atoms with Gasteiger partial charge in [0, 0.05) is 58.0 Å². The standard InChI is InChI=1S/C28H33N3/c1-4-11-26(12-5-1)15-10-18-29-19-21-30(22-20-29)23-24-31(28-16-8-3-9-17-28)25-27-13-6-2-7-14-27/h1-17H,18-25H2/b15-10+. The second-order valence-electron chi connectivity index (χ2n) is 8.20. The lowest BCUT2D eigenvalue weighted by molar-refractivity contribution is 0.145. The van der Waals surface area contributed by atoms with Crippen LogP contribution in [0.25, 0.3) is 6.08 Å². The molecule has 0 spiro atoms. The molecule has 0 saturated carbocycles. The molecule has 3 aromatic carbocycles. The maximum Gasteiger partial charge on any atom is 0.0430 e. The number of piperazine rings is 1. The number of hydrogen-bond donors (Lipinski definition) is 0. The maximum atomic E-state index is 2.61. The molecule has 1 saturated heterocycles. The van der Waals surface area contributed by atoms with E-state index in [0.29, 0.717) is 0 Å². The molecule has 1 aliphatic rings.